The van der Waals surface area contributed by atoms with E-state index in [1.165, 1.54) is 66.8 Å². The predicted molar refractivity (Wildman–Crippen MR) is 287 cm³/mol. The van der Waals surface area contributed by atoms with E-state index in [1.807, 2.05) is 12.1 Å². The van der Waals surface area contributed by atoms with Gasteiger partial charge in [-0.1, -0.05) is 125 Å². The number of fused-ring (bicyclic) bond motifs is 8. The fourth-order valence-corrected chi connectivity index (χ4v) is 10.2. The molecule has 67 heavy (non-hydrogen) atoms. The van der Waals surface area contributed by atoms with Crippen LogP contribution < -0.4 is 0 Å². The molecule has 8 bridgehead atoms. The number of aryl methyl sites for hydroxylation is 4. The maximum absolute atomic E-state index is 12.2. The number of carboxylic acids is 1. The van der Waals surface area contributed by atoms with Gasteiger partial charge in [-0.15, -0.1) is 0 Å². The number of nitrogens with one attached hydrogen (secondary N) is 2. The second-order valence-electron chi connectivity index (χ2n) is 21.6. The molecule has 0 amide bonds. The Morgan fingerprint density at radius 2 is 0.925 bits per heavy atom. The average Bonchev–Trinajstić information content (AvgIpc) is 3.96. The van der Waals surface area contributed by atoms with Crippen LogP contribution in [0.1, 0.15) is 214 Å². The third-order valence-corrected chi connectivity index (χ3v) is 14.6. The number of rotatable bonds is 15. The first-order chi connectivity index (χ1) is 31.8. The van der Waals surface area contributed by atoms with Crippen LogP contribution in [0.4, 0.5) is 0 Å². The summed E-state index contributed by atoms with van der Waals surface area (Å²) in [6.07, 6.45) is 12.4. The van der Waals surface area contributed by atoms with E-state index in [2.05, 4.69) is 137 Å². The van der Waals surface area contributed by atoms with Gasteiger partial charge in [0.25, 0.3) is 0 Å². The number of benzene rings is 2. The topological polar surface area (TPSA) is 94.7 Å². The SMILES string of the molecule is CCCCC1=C(C)c2nc1cc1[nH]c(c(C)c1CCCC)c(-c1ccc(C(=O)O)cc1)c1nc(cc3[nH]c(c(C)c3CCCC)c2-c2cc(C(C)(C)C)cc(C(C)(C)C)c2)C(CCCC)=C1C. The maximum Gasteiger partial charge on any atom is 0.335 e. The second kappa shape index (κ2) is 20.0. The zero-order valence-corrected chi connectivity index (χ0v) is 43.4. The smallest absolute Gasteiger partial charge is 0.335 e. The number of carboxylic acid groups (broad SMARTS) is 1. The lowest BCUT2D eigenvalue weighted by atomic mass is 9.78. The zero-order valence-electron chi connectivity index (χ0n) is 43.4. The van der Waals surface area contributed by atoms with Crippen molar-refractivity contribution in [1.82, 2.24) is 19.9 Å². The van der Waals surface area contributed by atoms with Gasteiger partial charge < -0.3 is 15.1 Å². The molecule has 0 saturated carbocycles. The maximum atomic E-state index is 12.2. The van der Waals surface area contributed by atoms with Crippen molar-refractivity contribution in [1.29, 1.82) is 0 Å². The molecule has 0 aliphatic carbocycles. The van der Waals surface area contributed by atoms with E-state index in [1.54, 1.807) is 12.1 Å². The van der Waals surface area contributed by atoms with Crippen molar-refractivity contribution in [2.75, 3.05) is 0 Å². The highest BCUT2D eigenvalue weighted by molar-refractivity contribution is 6.04. The summed E-state index contributed by atoms with van der Waals surface area (Å²) in [5.74, 6) is -0.933. The van der Waals surface area contributed by atoms with Crippen LogP contribution in [0.2, 0.25) is 0 Å². The van der Waals surface area contributed by atoms with E-state index in [4.69, 9.17) is 9.97 Å². The molecule has 2 aliphatic rings. The number of unbranched alkanes of at least 4 members (excludes halogenated alkanes) is 4. The van der Waals surface area contributed by atoms with Gasteiger partial charge >= 0.3 is 5.97 Å². The van der Waals surface area contributed by atoms with Gasteiger partial charge in [0.05, 0.1) is 39.4 Å². The van der Waals surface area contributed by atoms with Crippen molar-refractivity contribution in [2.24, 2.45) is 0 Å². The first-order valence-corrected chi connectivity index (χ1v) is 25.5. The third-order valence-electron chi connectivity index (χ3n) is 14.6. The molecule has 0 radical (unpaired) electrons. The van der Waals surface area contributed by atoms with E-state index < -0.39 is 5.97 Å². The summed E-state index contributed by atoms with van der Waals surface area (Å²) >= 11 is 0. The standard InChI is InChI=1S/C61H78N4O2/c1-15-19-23-45-36(5)55-53(40-27-29-41(30-28-40)59(66)67)56-37(6)46(24-20-16-2)50(63-56)35-52-48(26-22-18-4)39(8)58(65-52)54(42-31-43(60(9,10)11)33-44(32-42)61(12,13)14)57-38(7)47(25-21-17-3)51(64-57)34-49(45)62-55/h27-35,62,65H,15-26H2,1-14H3,(H,66,67). The molecular formula is C61H78N4O2. The van der Waals surface area contributed by atoms with Gasteiger partial charge in [0, 0.05) is 22.2 Å². The van der Waals surface area contributed by atoms with Crippen LogP contribution in [0.25, 0.3) is 66.6 Å². The number of hydrogen-bond acceptors (Lipinski definition) is 3. The second-order valence-corrected chi connectivity index (χ2v) is 21.6. The molecule has 0 unspecified atom stereocenters. The van der Waals surface area contributed by atoms with Crippen LogP contribution in [0.3, 0.4) is 0 Å². The molecular weight excluding hydrogens is 821 g/mol. The highest BCUT2D eigenvalue weighted by atomic mass is 16.4. The molecule has 0 atom stereocenters. The molecule has 2 aliphatic heterocycles. The minimum absolute atomic E-state index is 0.0647. The van der Waals surface area contributed by atoms with Crippen LogP contribution in [0.15, 0.2) is 54.6 Å². The lowest BCUT2D eigenvalue weighted by Crippen LogP contribution is -2.16. The number of carbonyl (C=O) groups is 1. The van der Waals surface area contributed by atoms with Crippen molar-refractivity contribution < 1.29 is 9.90 Å². The van der Waals surface area contributed by atoms with Crippen LogP contribution in [-0.2, 0) is 23.7 Å². The summed E-state index contributed by atoms with van der Waals surface area (Å²) in [6.45, 7) is 32.2. The van der Waals surface area contributed by atoms with Crippen molar-refractivity contribution in [3.63, 3.8) is 0 Å². The van der Waals surface area contributed by atoms with Crippen LogP contribution in [-0.4, -0.2) is 31.0 Å². The monoisotopic (exact) mass is 899 g/mol. The molecule has 6 nitrogen and oxygen atoms in total. The molecule has 2 aromatic carbocycles. The lowest BCUT2D eigenvalue weighted by molar-refractivity contribution is 0.0697. The highest BCUT2D eigenvalue weighted by Crippen LogP contribution is 2.46. The van der Waals surface area contributed by atoms with E-state index in [0.29, 0.717) is 0 Å². The molecule has 0 saturated heterocycles. The fourth-order valence-electron chi connectivity index (χ4n) is 10.2. The largest absolute Gasteiger partial charge is 0.478 e. The highest BCUT2D eigenvalue weighted by Gasteiger charge is 2.29. The normalized spacial score (nSPS) is 13.3. The minimum Gasteiger partial charge on any atom is -0.478 e. The van der Waals surface area contributed by atoms with E-state index in [-0.39, 0.29) is 16.4 Å². The summed E-state index contributed by atoms with van der Waals surface area (Å²) in [4.78, 5) is 31.9. The fraction of sp³-hybridized carbons (Fsp3) is 0.459. The van der Waals surface area contributed by atoms with Gasteiger partial charge in [0.15, 0.2) is 0 Å². The van der Waals surface area contributed by atoms with Crippen molar-refractivity contribution in [3.8, 4) is 22.3 Å². The quantitative estimate of drug-likeness (QED) is 0.0975. The van der Waals surface area contributed by atoms with Gasteiger partial charge in [-0.3, -0.25) is 0 Å². The van der Waals surface area contributed by atoms with E-state index in [9.17, 15) is 9.90 Å². The molecule has 3 N–H and O–H groups in total. The van der Waals surface area contributed by atoms with Gasteiger partial charge in [-0.2, -0.15) is 0 Å². The number of nitrogens with zero attached hydrogens (tertiary/aromatic N) is 2. The molecule has 5 aromatic rings. The van der Waals surface area contributed by atoms with Crippen LogP contribution in [0.5, 0.6) is 0 Å². The lowest BCUT2D eigenvalue weighted by Gasteiger charge is -2.26. The molecule has 7 rings (SSSR count). The molecule has 6 heteroatoms. The molecule has 5 heterocycles. The van der Waals surface area contributed by atoms with Crippen LogP contribution >= 0.6 is 0 Å². The summed E-state index contributed by atoms with van der Waals surface area (Å²) < 4.78 is 0. The predicted octanol–water partition coefficient (Wildman–Crippen LogP) is 17.5. The number of aromatic carboxylic acids is 1. The zero-order chi connectivity index (χ0) is 48.5. The van der Waals surface area contributed by atoms with Crippen LogP contribution in [0, 0.1) is 13.8 Å². The Bertz CT molecular complexity index is 2890. The minimum atomic E-state index is -0.933. The first kappa shape index (κ1) is 49.4. The Kier molecular flexibility index (Phi) is 14.8. The molecule has 3 aromatic heterocycles. The molecule has 354 valence electrons. The first-order valence-electron chi connectivity index (χ1n) is 25.5. The van der Waals surface area contributed by atoms with Gasteiger partial charge in [0.1, 0.15) is 0 Å². The van der Waals surface area contributed by atoms with Gasteiger partial charge in [0.2, 0.25) is 0 Å². The third kappa shape index (κ3) is 9.92. The average molecular weight is 899 g/mol. The Hall–Kier alpha value is -5.49. The van der Waals surface area contributed by atoms with Crippen molar-refractivity contribution in [3.05, 3.63) is 116 Å². The molecule has 0 spiro atoms. The number of aromatic nitrogens is 4. The van der Waals surface area contributed by atoms with Gasteiger partial charge in [-0.05, 0) is 181 Å². The number of aromatic amines is 2. The van der Waals surface area contributed by atoms with E-state index >= 15 is 0 Å². The van der Waals surface area contributed by atoms with Crippen molar-refractivity contribution >= 4 is 50.3 Å². The number of hydrogen-bond donors (Lipinski definition) is 3. The summed E-state index contributed by atoms with van der Waals surface area (Å²) in [5, 5.41) is 9.97. The van der Waals surface area contributed by atoms with E-state index in [0.717, 1.165) is 133 Å². The van der Waals surface area contributed by atoms with Crippen molar-refractivity contribution in [2.45, 2.75) is 185 Å². The number of allylic oxidation sites excluding steroid dienone is 4. The molecule has 0 fully saturated rings. The Balaban J connectivity index is 1.79. The summed E-state index contributed by atoms with van der Waals surface area (Å²) in [6, 6.07) is 19.4. The number of H-pyrrole nitrogens is 2. The Morgan fingerprint density at radius 1 is 0.537 bits per heavy atom. The van der Waals surface area contributed by atoms with Gasteiger partial charge in [-0.25, -0.2) is 14.8 Å². The Labute approximate surface area is 401 Å². The summed E-state index contributed by atoms with van der Waals surface area (Å²) in [5.41, 5.74) is 25.6. The Morgan fingerprint density at radius 3 is 1.30 bits per heavy atom. The summed E-state index contributed by atoms with van der Waals surface area (Å²) in [7, 11) is 0.